The topological polar surface area (TPSA) is 79.1 Å². The summed E-state index contributed by atoms with van der Waals surface area (Å²) in [6.45, 7) is 3.69. The number of hydrogen-bond donors (Lipinski definition) is 0. The van der Waals surface area contributed by atoms with E-state index in [4.69, 9.17) is 14.2 Å². The molecule has 2 aromatic carbocycles. The molecule has 0 saturated carbocycles. The van der Waals surface area contributed by atoms with Crippen LogP contribution in [0.2, 0.25) is 0 Å². The molecule has 33 heavy (non-hydrogen) atoms. The maximum atomic E-state index is 13.6. The summed E-state index contributed by atoms with van der Waals surface area (Å²) in [7, 11) is 3.11. The minimum Gasteiger partial charge on any atom is -0.497 e. The largest absolute Gasteiger partial charge is 0.497 e. The number of hydrogen-bond acceptors (Lipinski definition) is 7. The van der Waals surface area contributed by atoms with Crippen LogP contribution in [0.1, 0.15) is 31.0 Å². The summed E-state index contributed by atoms with van der Waals surface area (Å²) < 4.78 is 18.4. The molecule has 4 rings (SSSR count). The van der Waals surface area contributed by atoms with Crippen molar-refractivity contribution in [2.75, 3.05) is 20.8 Å². The molecule has 1 aliphatic rings. The second kappa shape index (κ2) is 9.46. The highest BCUT2D eigenvalue weighted by Gasteiger charge is 2.35. The predicted octanol–water partition coefficient (Wildman–Crippen LogP) is 2.82. The zero-order chi connectivity index (χ0) is 23.5. The first-order valence-corrected chi connectivity index (χ1v) is 11.3. The number of rotatable bonds is 6. The highest BCUT2D eigenvalue weighted by molar-refractivity contribution is 7.07. The van der Waals surface area contributed by atoms with Gasteiger partial charge < -0.3 is 14.2 Å². The van der Waals surface area contributed by atoms with Crippen molar-refractivity contribution in [2.24, 2.45) is 4.99 Å². The van der Waals surface area contributed by atoms with E-state index in [0.717, 1.165) is 5.56 Å². The molecule has 0 amide bonds. The van der Waals surface area contributed by atoms with Crippen LogP contribution in [0.5, 0.6) is 11.5 Å². The van der Waals surface area contributed by atoms with Crippen molar-refractivity contribution in [3.05, 3.63) is 90.6 Å². The Morgan fingerprint density at radius 2 is 1.91 bits per heavy atom. The van der Waals surface area contributed by atoms with Gasteiger partial charge >= 0.3 is 5.97 Å². The van der Waals surface area contributed by atoms with Gasteiger partial charge in [-0.05, 0) is 43.7 Å². The monoisotopic (exact) mass is 464 g/mol. The third-order valence-corrected chi connectivity index (χ3v) is 6.33. The van der Waals surface area contributed by atoms with Crippen molar-refractivity contribution in [1.29, 1.82) is 0 Å². The Kier molecular flexibility index (Phi) is 6.46. The average molecular weight is 465 g/mol. The molecule has 0 N–H and O–H groups in total. The van der Waals surface area contributed by atoms with E-state index in [9.17, 15) is 9.59 Å². The van der Waals surface area contributed by atoms with Crippen molar-refractivity contribution in [3.63, 3.8) is 0 Å². The highest BCUT2D eigenvalue weighted by atomic mass is 32.1. The Morgan fingerprint density at radius 3 is 2.58 bits per heavy atom. The van der Waals surface area contributed by atoms with Crippen molar-refractivity contribution in [2.45, 2.75) is 19.9 Å². The number of aromatic nitrogens is 1. The molecule has 170 valence electrons. The quantitative estimate of drug-likeness (QED) is 0.524. The van der Waals surface area contributed by atoms with E-state index in [1.165, 1.54) is 15.9 Å². The van der Waals surface area contributed by atoms with Gasteiger partial charge in [-0.15, -0.1) is 0 Å². The predicted molar refractivity (Wildman–Crippen MR) is 126 cm³/mol. The van der Waals surface area contributed by atoms with Crippen molar-refractivity contribution < 1.29 is 19.0 Å². The van der Waals surface area contributed by atoms with E-state index in [1.54, 1.807) is 46.3 Å². The number of carbonyl (C=O) groups excluding carboxylic acids is 1. The molecule has 0 aliphatic carbocycles. The molecule has 1 aliphatic heterocycles. The number of thiazole rings is 1. The van der Waals surface area contributed by atoms with Crippen LogP contribution in [0.25, 0.3) is 6.08 Å². The molecule has 0 unspecified atom stereocenters. The first kappa shape index (κ1) is 22.5. The van der Waals surface area contributed by atoms with Crippen LogP contribution in [0, 0.1) is 0 Å². The summed E-state index contributed by atoms with van der Waals surface area (Å²) in [4.78, 5) is 31.8. The molecular formula is C25H24N2O5S. The van der Waals surface area contributed by atoms with Crippen molar-refractivity contribution in [3.8, 4) is 11.5 Å². The van der Waals surface area contributed by atoms with Gasteiger partial charge in [0.1, 0.15) is 17.5 Å². The molecule has 2 heterocycles. The summed E-state index contributed by atoms with van der Waals surface area (Å²) in [6.07, 6.45) is 1.83. The van der Waals surface area contributed by atoms with Crippen LogP contribution < -0.4 is 24.4 Å². The first-order valence-electron chi connectivity index (χ1n) is 10.4. The summed E-state index contributed by atoms with van der Waals surface area (Å²) >= 11 is 1.28. The summed E-state index contributed by atoms with van der Waals surface area (Å²) in [6, 6.07) is 14.1. The number of ether oxygens (including phenoxy) is 3. The van der Waals surface area contributed by atoms with Gasteiger partial charge in [0.2, 0.25) is 0 Å². The normalized spacial score (nSPS) is 15.6. The Balaban J connectivity index is 2.02. The lowest BCUT2D eigenvalue weighted by atomic mass is 9.94. The van der Waals surface area contributed by atoms with E-state index in [0.29, 0.717) is 37.7 Å². The van der Waals surface area contributed by atoms with Crippen LogP contribution in [0.4, 0.5) is 0 Å². The van der Waals surface area contributed by atoms with E-state index in [-0.39, 0.29) is 12.2 Å². The molecule has 0 radical (unpaired) electrons. The van der Waals surface area contributed by atoms with Crippen LogP contribution in [-0.2, 0) is 9.53 Å². The summed E-state index contributed by atoms with van der Waals surface area (Å²) in [5.41, 5.74) is 2.06. The van der Waals surface area contributed by atoms with E-state index in [2.05, 4.69) is 4.99 Å². The van der Waals surface area contributed by atoms with E-state index in [1.807, 2.05) is 36.4 Å². The second-order valence-corrected chi connectivity index (χ2v) is 8.33. The minimum atomic E-state index is -0.775. The van der Waals surface area contributed by atoms with Gasteiger partial charge in [0, 0.05) is 5.56 Å². The lowest BCUT2D eigenvalue weighted by Gasteiger charge is -2.26. The van der Waals surface area contributed by atoms with Crippen LogP contribution in [0.3, 0.4) is 0 Å². The Hall–Kier alpha value is -3.65. The van der Waals surface area contributed by atoms with Crippen molar-refractivity contribution >= 4 is 23.4 Å². The molecule has 0 saturated heterocycles. The number of benzene rings is 2. The molecule has 7 nitrogen and oxygen atoms in total. The first-order chi connectivity index (χ1) is 16.0. The third-order valence-electron chi connectivity index (χ3n) is 5.35. The van der Waals surface area contributed by atoms with Gasteiger partial charge in [0.05, 0.1) is 36.6 Å². The molecular weight excluding hydrogens is 440 g/mol. The fourth-order valence-corrected chi connectivity index (χ4v) is 4.89. The lowest BCUT2D eigenvalue weighted by Crippen LogP contribution is -2.40. The number of allylic oxidation sites excluding steroid dienone is 1. The maximum absolute atomic E-state index is 13.6. The standard InChI is InChI=1S/C25H24N2O5S/c1-5-32-24(29)21-15(2)26-25-27(22(21)18-14-17(30-3)11-12-19(18)31-4)23(28)20(33-25)13-16-9-7-6-8-10-16/h6-14,22H,5H2,1-4H3/b20-13+/t22-/m0/s1. The number of methoxy groups -OCH3 is 2. The van der Waals surface area contributed by atoms with E-state index >= 15 is 0 Å². The molecule has 0 fully saturated rings. The Bertz CT molecular complexity index is 1400. The zero-order valence-electron chi connectivity index (χ0n) is 18.8. The fourth-order valence-electron chi connectivity index (χ4n) is 3.84. The number of nitrogens with zero attached hydrogens (tertiary/aromatic N) is 2. The SMILES string of the molecule is CCOC(=O)C1=C(C)N=c2s/c(=C/c3ccccc3)c(=O)n2[C@H]1c1cc(OC)ccc1OC. The van der Waals surface area contributed by atoms with Gasteiger partial charge in [-0.3, -0.25) is 9.36 Å². The molecule has 3 aromatic rings. The minimum absolute atomic E-state index is 0.204. The molecule has 1 atom stereocenters. The van der Waals surface area contributed by atoms with Gasteiger partial charge in [0.25, 0.3) is 5.56 Å². The number of carbonyl (C=O) groups is 1. The smallest absolute Gasteiger partial charge is 0.338 e. The maximum Gasteiger partial charge on any atom is 0.338 e. The molecule has 0 bridgehead atoms. The van der Waals surface area contributed by atoms with Crippen molar-refractivity contribution in [1.82, 2.24) is 4.57 Å². The van der Waals surface area contributed by atoms with Crippen LogP contribution in [0.15, 0.2) is 69.6 Å². The lowest BCUT2D eigenvalue weighted by molar-refractivity contribution is -0.139. The molecule has 0 spiro atoms. The number of fused-ring (bicyclic) bond motifs is 1. The van der Waals surface area contributed by atoms with Crippen LogP contribution in [-0.4, -0.2) is 31.4 Å². The molecule has 8 heteroatoms. The van der Waals surface area contributed by atoms with Gasteiger partial charge in [0.15, 0.2) is 4.80 Å². The zero-order valence-corrected chi connectivity index (χ0v) is 19.6. The Morgan fingerprint density at radius 1 is 1.15 bits per heavy atom. The van der Waals surface area contributed by atoms with Gasteiger partial charge in [-0.2, -0.15) is 0 Å². The second-order valence-electron chi connectivity index (χ2n) is 7.32. The van der Waals surface area contributed by atoms with Gasteiger partial charge in [-0.25, -0.2) is 9.79 Å². The highest BCUT2D eigenvalue weighted by Crippen LogP contribution is 2.37. The fraction of sp³-hybridized carbons (Fsp3) is 0.240. The van der Waals surface area contributed by atoms with E-state index < -0.39 is 12.0 Å². The Labute approximate surface area is 194 Å². The van der Waals surface area contributed by atoms with Gasteiger partial charge in [-0.1, -0.05) is 41.7 Å². The summed E-state index contributed by atoms with van der Waals surface area (Å²) in [5.74, 6) is 0.580. The number of esters is 1. The van der Waals surface area contributed by atoms with Crippen LogP contribution >= 0.6 is 11.3 Å². The summed E-state index contributed by atoms with van der Waals surface area (Å²) in [5, 5.41) is 0. The molecule has 1 aromatic heterocycles. The third kappa shape index (κ3) is 4.21. The average Bonchev–Trinajstić information content (AvgIpc) is 3.12.